The second-order valence-electron chi connectivity index (χ2n) is 1.15. The van der Waals surface area contributed by atoms with Gasteiger partial charge in [0.1, 0.15) is 12.2 Å². The summed E-state index contributed by atoms with van der Waals surface area (Å²) in [5.41, 5.74) is 0. The van der Waals surface area contributed by atoms with Gasteiger partial charge >= 0.3 is 0 Å². The van der Waals surface area contributed by atoms with E-state index in [9.17, 15) is 0 Å². The van der Waals surface area contributed by atoms with Crippen LogP contribution in [0.4, 0.5) is 0 Å². The molecular weight excluding hydrogens is 124 g/mol. The average Bonchev–Trinajstić information content (AvgIpc) is 1.88. The van der Waals surface area contributed by atoms with Gasteiger partial charge in [-0.15, -0.1) is 0 Å². The van der Waals surface area contributed by atoms with E-state index in [2.05, 4.69) is 6.42 Å². The Morgan fingerprint density at radius 1 is 1.33 bits per heavy atom. The Morgan fingerprint density at radius 3 is 1.56 bits per heavy atom. The van der Waals surface area contributed by atoms with Crippen molar-refractivity contribution < 1.29 is 20.4 Å². The summed E-state index contributed by atoms with van der Waals surface area (Å²) in [6.45, 7) is -0.729. The van der Waals surface area contributed by atoms with Crippen LogP contribution in [0.5, 0.6) is 0 Å². The molecule has 4 nitrogen and oxygen atoms in total. The molecule has 0 aromatic heterocycles. The molecule has 0 atom stereocenters. The zero-order chi connectivity index (χ0) is 7.70. The maximum Gasteiger partial charge on any atom is 0.103 e. The molecule has 0 aliphatic heterocycles. The molecule has 4 heteroatoms. The molecule has 0 unspecified atom stereocenters. The van der Waals surface area contributed by atoms with Crippen molar-refractivity contribution in [2.75, 3.05) is 13.2 Å². The van der Waals surface area contributed by atoms with Gasteiger partial charge in [0.25, 0.3) is 0 Å². The third-order valence-corrected chi connectivity index (χ3v) is 0.421. The van der Waals surface area contributed by atoms with E-state index < -0.39 is 6.10 Å². The zero-order valence-electron chi connectivity index (χ0n) is 4.86. The molecular formula is C5H10O4. The van der Waals surface area contributed by atoms with E-state index in [1.54, 1.807) is 0 Å². The van der Waals surface area contributed by atoms with Crippen molar-refractivity contribution in [3.8, 4) is 12.5 Å². The molecule has 4 N–H and O–H groups in total. The highest BCUT2D eigenvalue weighted by molar-refractivity contribution is 4.61. The number of aliphatic hydroxyl groups excluding tert-OH is 4. The van der Waals surface area contributed by atoms with E-state index in [-0.39, 0.29) is 13.2 Å². The van der Waals surface area contributed by atoms with Gasteiger partial charge in [-0.1, -0.05) is 6.42 Å². The fourth-order valence-corrected chi connectivity index (χ4v) is 0.0577. The summed E-state index contributed by atoms with van der Waals surface area (Å²) in [6, 6.07) is 0. The van der Waals surface area contributed by atoms with Gasteiger partial charge in [-0.3, -0.25) is 0 Å². The topological polar surface area (TPSA) is 80.9 Å². The molecule has 0 fully saturated rings. The molecule has 0 heterocycles. The fraction of sp³-hybridized carbons (Fsp3) is 0.600. The standard InChI is InChI=1S/C3H8O3.C2H2O/c4-1-3(6)2-5;1-2-3/h3-6H,1-2H2;1,3H. The molecule has 0 rings (SSSR count). The first kappa shape index (κ1) is 11.1. The number of hydrogen-bond donors (Lipinski definition) is 4. The third kappa shape index (κ3) is 18.9. The molecule has 0 aliphatic carbocycles. The monoisotopic (exact) mass is 134 g/mol. The first-order valence-corrected chi connectivity index (χ1v) is 2.22. The van der Waals surface area contributed by atoms with Crippen LogP contribution >= 0.6 is 0 Å². The van der Waals surface area contributed by atoms with Crippen molar-refractivity contribution in [2.24, 2.45) is 0 Å². The van der Waals surface area contributed by atoms with Crippen LogP contribution in [0.1, 0.15) is 0 Å². The molecule has 9 heavy (non-hydrogen) atoms. The molecule has 0 amide bonds. The molecule has 0 aliphatic rings. The van der Waals surface area contributed by atoms with Crippen molar-refractivity contribution in [3.63, 3.8) is 0 Å². The lowest BCUT2D eigenvalue weighted by Crippen LogP contribution is -2.15. The van der Waals surface area contributed by atoms with Gasteiger partial charge in [0.2, 0.25) is 0 Å². The van der Waals surface area contributed by atoms with E-state index >= 15 is 0 Å². The zero-order valence-corrected chi connectivity index (χ0v) is 4.86. The van der Waals surface area contributed by atoms with Crippen LogP contribution in [0.25, 0.3) is 0 Å². The highest BCUT2D eigenvalue weighted by Gasteiger charge is 1.93. The van der Waals surface area contributed by atoms with Crippen molar-refractivity contribution in [1.82, 2.24) is 0 Å². The molecule has 0 bridgehead atoms. The summed E-state index contributed by atoms with van der Waals surface area (Å²) in [5, 5.41) is 31.1. The van der Waals surface area contributed by atoms with Gasteiger partial charge in [-0.2, -0.15) is 0 Å². The predicted octanol–water partition coefficient (Wildman–Crippen LogP) is -1.72. The first-order valence-electron chi connectivity index (χ1n) is 2.22. The van der Waals surface area contributed by atoms with E-state index in [4.69, 9.17) is 20.4 Å². The summed E-state index contributed by atoms with van der Waals surface area (Å²) in [5.74, 6) is 0. The van der Waals surface area contributed by atoms with E-state index in [0.717, 1.165) is 0 Å². The lowest BCUT2D eigenvalue weighted by molar-refractivity contribution is 0.0450. The summed E-state index contributed by atoms with van der Waals surface area (Å²) < 4.78 is 0. The maximum absolute atomic E-state index is 8.17. The largest absolute Gasteiger partial charge is 0.462 e. The van der Waals surface area contributed by atoms with Gasteiger partial charge in [0.05, 0.1) is 13.2 Å². The number of aliphatic hydroxyl groups is 4. The Kier molecular flexibility index (Phi) is 12.7. The van der Waals surface area contributed by atoms with E-state index in [0.29, 0.717) is 0 Å². The molecule has 54 valence electrons. The van der Waals surface area contributed by atoms with Crippen LogP contribution in [0.2, 0.25) is 0 Å². The summed E-state index contributed by atoms with van der Waals surface area (Å²) in [7, 11) is 0. The normalized spacial score (nSPS) is 7.44. The minimum Gasteiger partial charge on any atom is -0.462 e. The first-order chi connectivity index (χ1) is 4.22. The Morgan fingerprint density at radius 2 is 1.56 bits per heavy atom. The van der Waals surface area contributed by atoms with E-state index in [1.807, 2.05) is 0 Å². The Hall–Kier alpha value is -0.760. The van der Waals surface area contributed by atoms with Crippen LogP contribution in [0.3, 0.4) is 0 Å². The average molecular weight is 134 g/mol. The second-order valence-corrected chi connectivity index (χ2v) is 1.15. The van der Waals surface area contributed by atoms with Gasteiger partial charge < -0.3 is 20.4 Å². The molecule has 0 aromatic carbocycles. The van der Waals surface area contributed by atoms with Crippen LogP contribution in [0.15, 0.2) is 0 Å². The van der Waals surface area contributed by atoms with Gasteiger partial charge in [-0.05, 0) is 0 Å². The lowest BCUT2D eigenvalue weighted by atomic mass is 10.4. The number of terminal acetylenes is 1. The fourth-order valence-electron chi connectivity index (χ4n) is 0.0577. The Bertz CT molecular complexity index is 71.5. The van der Waals surface area contributed by atoms with Gasteiger partial charge in [-0.25, -0.2) is 0 Å². The van der Waals surface area contributed by atoms with Crippen molar-refractivity contribution in [2.45, 2.75) is 6.10 Å². The maximum atomic E-state index is 8.17. The molecule has 0 aromatic rings. The van der Waals surface area contributed by atoms with Crippen LogP contribution in [0, 0.1) is 12.5 Å². The lowest BCUT2D eigenvalue weighted by Gasteiger charge is -1.96. The summed E-state index contributed by atoms with van der Waals surface area (Å²) in [4.78, 5) is 0. The van der Waals surface area contributed by atoms with Gasteiger partial charge in [0, 0.05) is 0 Å². The predicted molar refractivity (Wildman–Crippen MR) is 30.9 cm³/mol. The van der Waals surface area contributed by atoms with Crippen LogP contribution in [-0.2, 0) is 0 Å². The highest BCUT2D eigenvalue weighted by atomic mass is 16.3. The molecule has 0 saturated heterocycles. The highest BCUT2D eigenvalue weighted by Crippen LogP contribution is 1.71. The van der Waals surface area contributed by atoms with Crippen molar-refractivity contribution in [3.05, 3.63) is 0 Å². The third-order valence-electron chi connectivity index (χ3n) is 0.421. The molecule has 0 saturated carbocycles. The van der Waals surface area contributed by atoms with Crippen molar-refractivity contribution in [1.29, 1.82) is 0 Å². The summed E-state index contributed by atoms with van der Waals surface area (Å²) >= 11 is 0. The van der Waals surface area contributed by atoms with Gasteiger partial charge in [0.15, 0.2) is 0 Å². The van der Waals surface area contributed by atoms with Crippen LogP contribution < -0.4 is 0 Å². The SMILES string of the molecule is C#CO.OCC(O)CO. The summed E-state index contributed by atoms with van der Waals surface area (Å²) in [6.07, 6.45) is 4.45. The second kappa shape index (κ2) is 10.3. The van der Waals surface area contributed by atoms with E-state index in [1.165, 1.54) is 6.11 Å². The minimum absolute atomic E-state index is 0.365. The Labute approximate surface area is 53.4 Å². The number of rotatable bonds is 2. The smallest absolute Gasteiger partial charge is 0.103 e. The van der Waals surface area contributed by atoms with Crippen LogP contribution in [-0.4, -0.2) is 39.7 Å². The number of hydrogen-bond acceptors (Lipinski definition) is 4. The Balaban J connectivity index is 0. The molecule has 0 radical (unpaired) electrons. The quantitative estimate of drug-likeness (QED) is 0.339. The van der Waals surface area contributed by atoms with Crippen molar-refractivity contribution >= 4 is 0 Å². The minimum atomic E-state index is -0.954. The molecule has 0 spiro atoms.